The quantitative estimate of drug-likeness (QED) is 0.399. The van der Waals surface area contributed by atoms with Crippen LogP contribution in [0.5, 0.6) is 0 Å². The molecule has 0 unspecified atom stereocenters. The maximum atomic E-state index is 10.3. The lowest BCUT2D eigenvalue weighted by Gasteiger charge is -2.64. The number of aliphatic hydroxyl groups is 1. The van der Waals surface area contributed by atoms with E-state index in [4.69, 9.17) is 9.47 Å². The highest BCUT2D eigenvalue weighted by Crippen LogP contribution is 2.71. The number of nitrogens with zero attached hydrogens (tertiary/aromatic N) is 1. The maximum absolute atomic E-state index is 10.3. The minimum absolute atomic E-state index is 0.115. The molecule has 4 saturated carbocycles. The van der Waals surface area contributed by atoms with Gasteiger partial charge in [-0.15, -0.1) is 0 Å². The van der Waals surface area contributed by atoms with Crippen LogP contribution in [0.25, 0.3) is 0 Å². The van der Waals surface area contributed by atoms with Crippen LogP contribution in [-0.2, 0) is 9.47 Å². The molecule has 0 bridgehead atoms. The van der Waals surface area contributed by atoms with Gasteiger partial charge in [-0.2, -0.15) is 0 Å². The van der Waals surface area contributed by atoms with Crippen molar-refractivity contribution in [3.8, 4) is 0 Å². The number of fused-ring (bicyclic) bond motifs is 6. The highest BCUT2D eigenvalue weighted by atomic mass is 16.7. The summed E-state index contributed by atoms with van der Waals surface area (Å²) in [5.74, 6) is 2.14. The topological polar surface area (TPSA) is 71.3 Å². The molecular weight excluding hydrogens is 354 g/mol. The highest BCUT2D eigenvalue weighted by Gasteiger charge is 2.71. The molecule has 1 aliphatic heterocycles. The van der Waals surface area contributed by atoms with Gasteiger partial charge < -0.3 is 19.8 Å². The van der Waals surface area contributed by atoms with Crippen LogP contribution >= 0.6 is 0 Å². The molecule has 158 valence electrons. The Labute approximate surface area is 168 Å². The fourth-order valence-electron chi connectivity index (χ4n) is 8.80. The van der Waals surface area contributed by atoms with Crippen LogP contribution in [0.4, 0.5) is 0 Å². The summed E-state index contributed by atoms with van der Waals surface area (Å²) >= 11 is 0. The van der Waals surface area contributed by atoms with Gasteiger partial charge in [0.2, 0.25) is 0 Å². The minimum Gasteiger partial charge on any atom is -0.411 e. The number of hydrogen-bond donors (Lipinski definition) is 2. The van der Waals surface area contributed by atoms with Crippen molar-refractivity contribution in [2.75, 3.05) is 13.2 Å². The van der Waals surface area contributed by atoms with E-state index < -0.39 is 5.79 Å². The second-order valence-corrected chi connectivity index (χ2v) is 10.9. The van der Waals surface area contributed by atoms with E-state index in [2.05, 4.69) is 19.0 Å². The Kier molecular flexibility index (Phi) is 4.43. The normalized spacial score (nSPS) is 52.9. The molecule has 5 heteroatoms. The Bertz CT molecular complexity index is 659. The monoisotopic (exact) mass is 391 g/mol. The molecule has 5 nitrogen and oxygen atoms in total. The zero-order valence-corrected chi connectivity index (χ0v) is 17.7. The van der Waals surface area contributed by atoms with E-state index in [-0.39, 0.29) is 22.9 Å². The smallest absolute Gasteiger partial charge is 0.174 e. The van der Waals surface area contributed by atoms with Crippen molar-refractivity contribution in [3.63, 3.8) is 0 Å². The van der Waals surface area contributed by atoms with E-state index in [1.165, 1.54) is 19.3 Å². The number of ether oxygens (including phenoxy) is 2. The molecule has 0 radical (unpaired) electrons. The molecule has 5 rings (SSSR count). The number of rotatable bonds is 1. The third-order valence-corrected chi connectivity index (χ3v) is 10.2. The third-order valence-electron chi connectivity index (χ3n) is 10.2. The summed E-state index contributed by atoms with van der Waals surface area (Å²) < 4.78 is 13.0. The van der Waals surface area contributed by atoms with E-state index in [0.717, 1.165) is 37.8 Å². The molecule has 1 heterocycles. The lowest BCUT2D eigenvalue weighted by Crippen LogP contribution is -2.65. The van der Waals surface area contributed by atoms with Crippen molar-refractivity contribution in [3.05, 3.63) is 0 Å². The van der Waals surface area contributed by atoms with E-state index >= 15 is 0 Å². The minimum atomic E-state index is -0.549. The van der Waals surface area contributed by atoms with Crippen molar-refractivity contribution in [1.82, 2.24) is 0 Å². The largest absolute Gasteiger partial charge is 0.411 e. The van der Waals surface area contributed by atoms with Crippen LogP contribution in [0.2, 0.25) is 0 Å². The van der Waals surface area contributed by atoms with Gasteiger partial charge in [-0.25, -0.2) is 0 Å². The van der Waals surface area contributed by atoms with Gasteiger partial charge in [0.15, 0.2) is 5.79 Å². The Morgan fingerprint density at radius 3 is 2.46 bits per heavy atom. The molecule has 1 saturated heterocycles. The van der Waals surface area contributed by atoms with E-state index in [9.17, 15) is 10.3 Å². The van der Waals surface area contributed by atoms with Gasteiger partial charge in [0.05, 0.1) is 25.0 Å². The van der Waals surface area contributed by atoms with Gasteiger partial charge in [0, 0.05) is 17.8 Å². The summed E-state index contributed by atoms with van der Waals surface area (Å²) in [6.45, 7) is 8.16. The van der Waals surface area contributed by atoms with Crippen LogP contribution in [0, 0.1) is 40.4 Å². The number of hydrogen-bond acceptors (Lipinski definition) is 5. The summed E-state index contributed by atoms with van der Waals surface area (Å²) in [7, 11) is 0. The standard InChI is InChI=1S/C23H37NO4/c1-14(24-26)18-6-7-19-17-5-4-15-12-16(25)8-9-21(15,2)20(17)13-23(22(18,19)3)27-10-11-28-23/h15-20,25-26H,4-13H2,1-3H3/t15-,16+,17+,18-,19+,20+,21-,22+/m0/s1. The van der Waals surface area contributed by atoms with Gasteiger partial charge in [-0.1, -0.05) is 19.0 Å². The lowest BCUT2D eigenvalue weighted by molar-refractivity contribution is -0.306. The van der Waals surface area contributed by atoms with Crippen molar-refractivity contribution in [2.24, 2.45) is 45.6 Å². The zero-order valence-electron chi connectivity index (χ0n) is 17.7. The van der Waals surface area contributed by atoms with Crippen LogP contribution in [0.1, 0.15) is 72.1 Å². The van der Waals surface area contributed by atoms with E-state index in [1.54, 1.807) is 0 Å². The molecule has 28 heavy (non-hydrogen) atoms. The average molecular weight is 392 g/mol. The van der Waals surface area contributed by atoms with Crippen molar-refractivity contribution < 1.29 is 19.8 Å². The second-order valence-electron chi connectivity index (χ2n) is 10.9. The first-order chi connectivity index (χ1) is 13.4. The van der Waals surface area contributed by atoms with Crippen LogP contribution in [0.15, 0.2) is 5.16 Å². The molecule has 0 aromatic heterocycles. The van der Waals surface area contributed by atoms with Gasteiger partial charge in [-0.05, 0) is 81.0 Å². The van der Waals surface area contributed by atoms with Gasteiger partial charge >= 0.3 is 0 Å². The van der Waals surface area contributed by atoms with E-state index in [0.29, 0.717) is 36.9 Å². The SMILES string of the molecule is CC(=NO)[C@@H]1CC[C@@H]2[C@H]3CC[C@H]4C[C@H](O)CC[C@]4(C)[C@@H]3CC3(OCCO3)[C@@]21C. The highest BCUT2D eigenvalue weighted by molar-refractivity contribution is 5.85. The Morgan fingerprint density at radius 1 is 1.00 bits per heavy atom. The van der Waals surface area contributed by atoms with Crippen molar-refractivity contribution in [2.45, 2.75) is 84.0 Å². The third kappa shape index (κ3) is 2.33. The lowest BCUT2D eigenvalue weighted by atomic mass is 9.43. The summed E-state index contributed by atoms with van der Waals surface area (Å²) in [6, 6.07) is 0. The molecule has 5 aliphatic rings. The molecule has 5 fully saturated rings. The predicted octanol–water partition coefficient (Wildman–Crippen LogP) is 4.21. The summed E-state index contributed by atoms with van der Waals surface area (Å²) in [5.41, 5.74) is 0.991. The van der Waals surface area contributed by atoms with E-state index in [1.807, 2.05) is 6.92 Å². The number of aliphatic hydroxyl groups excluding tert-OH is 1. The molecule has 8 atom stereocenters. The van der Waals surface area contributed by atoms with Crippen molar-refractivity contribution >= 4 is 5.71 Å². The predicted molar refractivity (Wildman–Crippen MR) is 106 cm³/mol. The van der Waals surface area contributed by atoms with Gasteiger partial charge in [0.1, 0.15) is 0 Å². The molecule has 0 amide bonds. The second kappa shape index (κ2) is 6.42. The molecule has 2 N–H and O–H groups in total. The Morgan fingerprint density at radius 2 is 1.75 bits per heavy atom. The zero-order chi connectivity index (χ0) is 19.7. The molecule has 0 aromatic carbocycles. The van der Waals surface area contributed by atoms with Gasteiger partial charge in [-0.3, -0.25) is 0 Å². The number of oxime groups is 1. The average Bonchev–Trinajstić information content (AvgIpc) is 3.29. The first-order valence-corrected chi connectivity index (χ1v) is 11.5. The summed E-state index contributed by atoms with van der Waals surface area (Å²) in [6.07, 6.45) is 8.62. The summed E-state index contributed by atoms with van der Waals surface area (Å²) in [4.78, 5) is 0. The Hall–Kier alpha value is -0.650. The fourth-order valence-corrected chi connectivity index (χ4v) is 8.80. The van der Waals surface area contributed by atoms with Crippen LogP contribution in [0.3, 0.4) is 0 Å². The van der Waals surface area contributed by atoms with Crippen molar-refractivity contribution in [1.29, 1.82) is 0 Å². The molecule has 0 aromatic rings. The maximum Gasteiger partial charge on any atom is 0.174 e. The Balaban J connectivity index is 1.57. The van der Waals surface area contributed by atoms with Gasteiger partial charge in [0.25, 0.3) is 0 Å². The first-order valence-electron chi connectivity index (χ1n) is 11.5. The molecule has 1 spiro atoms. The van der Waals surface area contributed by atoms with Crippen LogP contribution in [-0.4, -0.2) is 41.1 Å². The fraction of sp³-hybridized carbons (Fsp3) is 0.957. The van der Waals surface area contributed by atoms with Crippen LogP contribution < -0.4 is 0 Å². The molecular formula is C23H37NO4. The molecule has 4 aliphatic carbocycles. The summed E-state index contributed by atoms with van der Waals surface area (Å²) in [5, 5.41) is 23.5. The first kappa shape index (κ1) is 19.3.